The molecule has 2 saturated heterocycles. The summed E-state index contributed by atoms with van der Waals surface area (Å²) in [5, 5.41) is 12.6. The first-order valence-corrected chi connectivity index (χ1v) is 9.53. The lowest BCUT2D eigenvalue weighted by Gasteiger charge is -2.52. The van der Waals surface area contributed by atoms with Gasteiger partial charge in [0.05, 0.1) is 6.04 Å². The number of para-hydroxylation sites is 1. The summed E-state index contributed by atoms with van der Waals surface area (Å²) in [7, 11) is 0. The molecular formula is C21H23N3O3. The molecule has 6 nitrogen and oxygen atoms in total. The van der Waals surface area contributed by atoms with Crippen LogP contribution in [0.2, 0.25) is 0 Å². The zero-order chi connectivity index (χ0) is 18.9. The van der Waals surface area contributed by atoms with Gasteiger partial charge in [0.2, 0.25) is 11.6 Å². The standard InChI is InChI=1S/C21H23N3O3/c1-12(2)10-17-18-14(13-6-3-4-7-15(13)22-18)11-21(27)20(26)23-9-5-8-16(23)19(25)24(17)21/h3-4,6-7,10,16-17,22,27H,5,8-9,11H2,1-2H3/t16-,17-,21+/m0/s1. The van der Waals surface area contributed by atoms with Crippen molar-refractivity contribution in [1.82, 2.24) is 14.8 Å². The van der Waals surface area contributed by atoms with E-state index in [9.17, 15) is 14.7 Å². The minimum atomic E-state index is -1.83. The van der Waals surface area contributed by atoms with Crippen LogP contribution in [0, 0.1) is 0 Å². The largest absolute Gasteiger partial charge is 0.363 e. The van der Waals surface area contributed by atoms with Crippen molar-refractivity contribution in [2.75, 3.05) is 6.54 Å². The molecule has 1 aromatic carbocycles. The Kier molecular flexibility index (Phi) is 3.35. The van der Waals surface area contributed by atoms with E-state index in [0.29, 0.717) is 13.0 Å². The molecule has 27 heavy (non-hydrogen) atoms. The second-order valence-electron chi connectivity index (χ2n) is 8.11. The van der Waals surface area contributed by atoms with Crippen LogP contribution < -0.4 is 0 Å². The highest BCUT2D eigenvalue weighted by atomic mass is 16.3. The number of piperazine rings is 1. The summed E-state index contributed by atoms with van der Waals surface area (Å²) >= 11 is 0. The molecule has 0 unspecified atom stereocenters. The predicted molar refractivity (Wildman–Crippen MR) is 101 cm³/mol. The number of aliphatic hydroxyl groups is 1. The number of carbonyl (C=O) groups is 2. The van der Waals surface area contributed by atoms with Crippen molar-refractivity contribution in [3.63, 3.8) is 0 Å². The fourth-order valence-electron chi connectivity index (χ4n) is 4.98. The number of allylic oxidation sites excluding steroid dienone is 1. The molecule has 0 aliphatic carbocycles. The van der Waals surface area contributed by atoms with Crippen LogP contribution in [0.1, 0.15) is 44.0 Å². The van der Waals surface area contributed by atoms with E-state index in [0.717, 1.165) is 34.2 Å². The summed E-state index contributed by atoms with van der Waals surface area (Å²) in [5.41, 5.74) is 1.98. The third kappa shape index (κ3) is 2.10. The van der Waals surface area contributed by atoms with Crippen molar-refractivity contribution < 1.29 is 14.7 Å². The zero-order valence-corrected chi connectivity index (χ0v) is 15.5. The van der Waals surface area contributed by atoms with Crippen LogP contribution in [0.25, 0.3) is 10.9 Å². The van der Waals surface area contributed by atoms with Crippen LogP contribution >= 0.6 is 0 Å². The van der Waals surface area contributed by atoms with Crippen LogP contribution in [0.4, 0.5) is 0 Å². The van der Waals surface area contributed by atoms with Crippen LogP contribution in [-0.4, -0.2) is 50.0 Å². The lowest BCUT2D eigenvalue weighted by atomic mass is 9.84. The van der Waals surface area contributed by atoms with E-state index in [-0.39, 0.29) is 18.2 Å². The highest BCUT2D eigenvalue weighted by Crippen LogP contribution is 2.46. The first-order chi connectivity index (χ1) is 12.9. The average Bonchev–Trinajstić information content (AvgIpc) is 3.24. The summed E-state index contributed by atoms with van der Waals surface area (Å²) in [6, 6.07) is 6.96. The lowest BCUT2D eigenvalue weighted by Crippen LogP contribution is -2.72. The minimum absolute atomic E-state index is 0.118. The molecule has 6 heteroatoms. The molecule has 2 aromatic rings. The number of nitrogens with one attached hydrogen (secondary N) is 1. The Balaban J connectivity index is 1.77. The summed E-state index contributed by atoms with van der Waals surface area (Å²) in [6.45, 7) is 4.47. The van der Waals surface area contributed by atoms with Gasteiger partial charge in [-0.1, -0.05) is 29.8 Å². The third-order valence-electron chi connectivity index (χ3n) is 6.11. The normalized spacial score (nSPS) is 29.6. The molecule has 140 valence electrons. The summed E-state index contributed by atoms with van der Waals surface area (Å²) in [4.78, 5) is 33.1. The van der Waals surface area contributed by atoms with Crippen LogP contribution in [0.15, 0.2) is 35.9 Å². The molecule has 5 rings (SSSR count). The van der Waals surface area contributed by atoms with Gasteiger partial charge in [0.1, 0.15) is 6.04 Å². The maximum absolute atomic E-state index is 13.3. The number of benzene rings is 1. The second-order valence-corrected chi connectivity index (χ2v) is 8.11. The number of hydrogen-bond acceptors (Lipinski definition) is 3. The lowest BCUT2D eigenvalue weighted by molar-refractivity contribution is -0.203. The Labute approximate surface area is 157 Å². The van der Waals surface area contributed by atoms with E-state index in [1.54, 1.807) is 4.90 Å². The van der Waals surface area contributed by atoms with Crippen molar-refractivity contribution in [2.24, 2.45) is 0 Å². The number of aromatic nitrogens is 1. The van der Waals surface area contributed by atoms with Gasteiger partial charge in [0.15, 0.2) is 0 Å². The Morgan fingerprint density at radius 1 is 1.30 bits per heavy atom. The number of amides is 2. The van der Waals surface area contributed by atoms with E-state index < -0.39 is 17.8 Å². The van der Waals surface area contributed by atoms with Crippen LogP contribution in [0.5, 0.6) is 0 Å². The van der Waals surface area contributed by atoms with E-state index in [1.807, 2.05) is 44.2 Å². The van der Waals surface area contributed by atoms with Gasteiger partial charge >= 0.3 is 0 Å². The second kappa shape index (κ2) is 5.45. The highest BCUT2D eigenvalue weighted by Gasteiger charge is 2.61. The Morgan fingerprint density at radius 2 is 2.07 bits per heavy atom. The van der Waals surface area contributed by atoms with Crippen molar-refractivity contribution in [2.45, 2.75) is 50.9 Å². The van der Waals surface area contributed by atoms with Gasteiger partial charge in [0.25, 0.3) is 5.91 Å². The molecule has 2 fully saturated rings. The van der Waals surface area contributed by atoms with Crippen molar-refractivity contribution in [1.29, 1.82) is 0 Å². The van der Waals surface area contributed by atoms with Gasteiger partial charge in [-0.3, -0.25) is 14.5 Å². The number of carbonyl (C=O) groups excluding carboxylic acids is 2. The number of hydrogen-bond donors (Lipinski definition) is 2. The maximum Gasteiger partial charge on any atom is 0.277 e. The van der Waals surface area contributed by atoms with Crippen molar-refractivity contribution in [3.05, 3.63) is 47.2 Å². The van der Waals surface area contributed by atoms with Crippen molar-refractivity contribution in [3.8, 4) is 0 Å². The molecule has 0 radical (unpaired) electrons. The molecular weight excluding hydrogens is 342 g/mol. The Hall–Kier alpha value is -2.60. The molecule has 3 aliphatic heterocycles. The van der Waals surface area contributed by atoms with Crippen molar-refractivity contribution >= 4 is 22.7 Å². The predicted octanol–water partition coefficient (Wildman–Crippen LogP) is 2.25. The van der Waals surface area contributed by atoms with Gasteiger partial charge in [-0.25, -0.2) is 0 Å². The van der Waals surface area contributed by atoms with Gasteiger partial charge in [-0.05, 0) is 38.3 Å². The fourth-order valence-corrected chi connectivity index (χ4v) is 4.98. The average molecular weight is 365 g/mol. The first-order valence-electron chi connectivity index (χ1n) is 9.53. The third-order valence-corrected chi connectivity index (χ3v) is 6.11. The van der Waals surface area contributed by atoms with Crippen LogP contribution in [0.3, 0.4) is 0 Å². The SMILES string of the molecule is CC(C)=C[C@H]1c2[nH]c3ccccc3c2C[C@@]2(O)C(=O)N3CCC[C@H]3C(=O)N12. The van der Waals surface area contributed by atoms with Gasteiger partial charge in [-0.2, -0.15) is 0 Å². The topological polar surface area (TPSA) is 76.6 Å². The maximum atomic E-state index is 13.3. The number of aromatic amines is 1. The molecule has 0 spiro atoms. The molecule has 3 aliphatic rings. The van der Waals surface area contributed by atoms with E-state index >= 15 is 0 Å². The quantitative estimate of drug-likeness (QED) is 0.761. The minimum Gasteiger partial charge on any atom is -0.363 e. The fraction of sp³-hybridized carbons (Fsp3) is 0.429. The highest BCUT2D eigenvalue weighted by molar-refractivity contribution is 6.01. The summed E-state index contributed by atoms with van der Waals surface area (Å²) in [6.07, 6.45) is 3.55. The Bertz CT molecular complexity index is 1000. The first kappa shape index (κ1) is 16.6. The van der Waals surface area contributed by atoms with Gasteiger partial charge < -0.3 is 15.0 Å². The van der Waals surface area contributed by atoms with Crippen LogP contribution in [-0.2, 0) is 16.0 Å². The van der Waals surface area contributed by atoms with E-state index in [2.05, 4.69) is 4.98 Å². The molecule has 4 heterocycles. The number of H-pyrrole nitrogens is 1. The van der Waals surface area contributed by atoms with Gasteiger partial charge in [0, 0.05) is 29.6 Å². The zero-order valence-electron chi connectivity index (χ0n) is 15.5. The smallest absolute Gasteiger partial charge is 0.277 e. The molecule has 3 atom stereocenters. The summed E-state index contributed by atoms with van der Waals surface area (Å²) in [5.74, 6) is -0.492. The van der Waals surface area contributed by atoms with E-state index in [4.69, 9.17) is 0 Å². The van der Waals surface area contributed by atoms with E-state index in [1.165, 1.54) is 4.90 Å². The molecule has 2 amide bonds. The number of fused-ring (bicyclic) bond motifs is 5. The molecule has 0 bridgehead atoms. The molecule has 0 saturated carbocycles. The number of rotatable bonds is 1. The Morgan fingerprint density at radius 3 is 2.85 bits per heavy atom. The summed E-state index contributed by atoms with van der Waals surface area (Å²) < 4.78 is 0. The number of nitrogens with zero attached hydrogens (tertiary/aromatic N) is 2. The molecule has 2 N–H and O–H groups in total. The van der Waals surface area contributed by atoms with Gasteiger partial charge in [-0.15, -0.1) is 0 Å². The monoisotopic (exact) mass is 365 g/mol. The molecule has 1 aromatic heterocycles.